The lowest BCUT2D eigenvalue weighted by atomic mass is 9.82. The van der Waals surface area contributed by atoms with Gasteiger partial charge in [-0.2, -0.15) is 0 Å². The van der Waals surface area contributed by atoms with Crippen molar-refractivity contribution in [3.63, 3.8) is 0 Å². The molecule has 0 heterocycles. The van der Waals surface area contributed by atoms with Gasteiger partial charge < -0.3 is 5.32 Å². The lowest BCUT2D eigenvalue weighted by molar-refractivity contribution is -0.121. The minimum Gasteiger partial charge on any atom is -0.349 e. The zero-order chi connectivity index (χ0) is 11.6. The van der Waals surface area contributed by atoms with Crippen molar-refractivity contribution >= 4 is 29.1 Å². The van der Waals surface area contributed by atoms with Crippen molar-refractivity contribution < 1.29 is 4.79 Å². The van der Waals surface area contributed by atoms with Crippen molar-refractivity contribution in [2.24, 2.45) is 5.41 Å². The molecule has 0 aliphatic carbocycles. The highest BCUT2D eigenvalue weighted by atomic mass is 35.5. The predicted octanol–water partition coefficient (Wildman–Crippen LogP) is 3.12. The third-order valence-electron chi connectivity index (χ3n) is 1.63. The van der Waals surface area contributed by atoms with E-state index in [-0.39, 0.29) is 16.9 Å². The first kappa shape index (κ1) is 14.1. The van der Waals surface area contributed by atoms with Crippen LogP contribution in [-0.2, 0) is 4.79 Å². The lowest BCUT2D eigenvalue weighted by Crippen LogP contribution is -2.47. The summed E-state index contributed by atoms with van der Waals surface area (Å²) in [6.45, 7) is 10.3. The second-order valence-corrected chi connectivity index (χ2v) is 6.51. The maximum Gasteiger partial charge on any atom is 0.253 e. The first-order valence-corrected chi connectivity index (χ1v) is 5.51. The quantitative estimate of drug-likeness (QED) is 0.754. The summed E-state index contributed by atoms with van der Waals surface area (Å²) in [5.74, 6) is -0.331. The number of carbonyl (C=O) groups excluding carboxylic acids is 1. The molecule has 1 amide bonds. The molecule has 2 nitrogen and oxygen atoms in total. The second-order valence-electron chi connectivity index (χ2n) is 5.41. The maximum atomic E-state index is 11.3. The average molecular weight is 240 g/mol. The Morgan fingerprint density at radius 3 is 1.93 bits per heavy atom. The van der Waals surface area contributed by atoms with Crippen LogP contribution in [0.25, 0.3) is 0 Å². The van der Waals surface area contributed by atoms with E-state index in [1.807, 2.05) is 13.8 Å². The van der Waals surface area contributed by atoms with Crippen LogP contribution in [0.3, 0.4) is 0 Å². The van der Waals surface area contributed by atoms with Gasteiger partial charge in [0.15, 0.2) is 4.84 Å². The molecule has 84 valence electrons. The highest BCUT2D eigenvalue weighted by molar-refractivity contribution is 6.53. The summed E-state index contributed by atoms with van der Waals surface area (Å²) in [4.78, 5) is 10.3. The number of alkyl halides is 2. The Kier molecular flexibility index (Phi) is 4.73. The Morgan fingerprint density at radius 2 is 1.64 bits per heavy atom. The highest BCUT2D eigenvalue weighted by Gasteiger charge is 2.28. The van der Waals surface area contributed by atoms with Crippen LogP contribution in [-0.4, -0.2) is 16.3 Å². The second kappa shape index (κ2) is 4.71. The first-order valence-electron chi connectivity index (χ1n) is 4.64. The number of halogens is 2. The maximum absolute atomic E-state index is 11.3. The summed E-state index contributed by atoms with van der Waals surface area (Å²) in [5, 5.41) is 2.81. The summed E-state index contributed by atoms with van der Waals surface area (Å²) in [5.41, 5.74) is -0.123. The smallest absolute Gasteiger partial charge is 0.253 e. The molecule has 0 aliphatic heterocycles. The molecule has 0 radical (unpaired) electrons. The van der Waals surface area contributed by atoms with E-state index < -0.39 is 4.84 Å². The van der Waals surface area contributed by atoms with Gasteiger partial charge in [-0.1, -0.05) is 44.0 Å². The fourth-order valence-corrected chi connectivity index (χ4v) is 1.87. The van der Waals surface area contributed by atoms with E-state index in [2.05, 4.69) is 26.1 Å². The number of nitrogens with one attached hydrogen (secondary N) is 1. The molecule has 0 aromatic heterocycles. The summed E-state index contributed by atoms with van der Waals surface area (Å²) in [7, 11) is 0. The fourth-order valence-electron chi connectivity index (χ4n) is 1.76. The normalized spacial score (nSPS) is 13.1. The predicted molar refractivity (Wildman–Crippen MR) is 61.8 cm³/mol. The van der Waals surface area contributed by atoms with Gasteiger partial charge in [-0.3, -0.25) is 4.79 Å². The molecule has 0 aliphatic rings. The summed E-state index contributed by atoms with van der Waals surface area (Å²) in [6, 6.07) is 0. The van der Waals surface area contributed by atoms with E-state index in [0.717, 1.165) is 6.42 Å². The van der Waals surface area contributed by atoms with Gasteiger partial charge in [0, 0.05) is 5.54 Å². The zero-order valence-electron chi connectivity index (χ0n) is 9.45. The van der Waals surface area contributed by atoms with Gasteiger partial charge in [0.05, 0.1) is 0 Å². The Labute approximate surface area is 96.3 Å². The molecule has 0 aromatic carbocycles. The van der Waals surface area contributed by atoms with E-state index in [1.54, 1.807) is 0 Å². The lowest BCUT2D eigenvalue weighted by Gasteiger charge is -2.33. The summed E-state index contributed by atoms with van der Waals surface area (Å²) >= 11 is 10.9. The SMILES string of the molecule is CC(C)(C)CC(C)(C)NC(=O)C(Cl)Cl. The number of hydrogen-bond acceptors (Lipinski definition) is 1. The van der Waals surface area contributed by atoms with Crippen LogP contribution in [0.15, 0.2) is 0 Å². The fraction of sp³-hybridized carbons (Fsp3) is 0.900. The van der Waals surface area contributed by atoms with Crippen molar-refractivity contribution in [1.29, 1.82) is 0 Å². The van der Waals surface area contributed by atoms with E-state index in [9.17, 15) is 4.79 Å². The van der Waals surface area contributed by atoms with Gasteiger partial charge >= 0.3 is 0 Å². The van der Waals surface area contributed by atoms with Crippen LogP contribution >= 0.6 is 23.2 Å². The Hall–Kier alpha value is 0.0500. The zero-order valence-corrected chi connectivity index (χ0v) is 11.0. The molecule has 4 heteroatoms. The van der Waals surface area contributed by atoms with Crippen molar-refractivity contribution in [3.8, 4) is 0 Å². The number of amides is 1. The van der Waals surface area contributed by atoms with E-state index in [4.69, 9.17) is 23.2 Å². The number of carbonyl (C=O) groups is 1. The average Bonchev–Trinajstić information content (AvgIpc) is 1.78. The number of rotatable bonds is 3. The van der Waals surface area contributed by atoms with Crippen LogP contribution < -0.4 is 5.32 Å². The molecule has 0 spiro atoms. The van der Waals surface area contributed by atoms with Crippen molar-refractivity contribution in [1.82, 2.24) is 5.32 Å². The standard InChI is InChI=1S/C10H19Cl2NO/c1-9(2,3)6-10(4,5)13-8(14)7(11)12/h7H,6H2,1-5H3,(H,13,14). The Balaban J connectivity index is 4.28. The third-order valence-corrected chi connectivity index (χ3v) is 2.03. The topological polar surface area (TPSA) is 29.1 Å². The van der Waals surface area contributed by atoms with E-state index in [0.29, 0.717) is 0 Å². The van der Waals surface area contributed by atoms with Crippen molar-refractivity contribution in [3.05, 3.63) is 0 Å². The number of hydrogen-bond donors (Lipinski definition) is 1. The minimum absolute atomic E-state index is 0.158. The Morgan fingerprint density at radius 1 is 1.21 bits per heavy atom. The minimum atomic E-state index is -0.991. The molecule has 0 unspecified atom stereocenters. The molecular weight excluding hydrogens is 221 g/mol. The van der Waals surface area contributed by atoms with Crippen LogP contribution in [0.5, 0.6) is 0 Å². The van der Waals surface area contributed by atoms with Gasteiger partial charge in [-0.05, 0) is 25.7 Å². The van der Waals surface area contributed by atoms with Crippen LogP contribution in [0.2, 0.25) is 0 Å². The van der Waals surface area contributed by atoms with Crippen LogP contribution in [0.1, 0.15) is 41.0 Å². The molecule has 0 aromatic rings. The molecular formula is C10H19Cl2NO. The molecule has 0 fully saturated rings. The highest BCUT2D eigenvalue weighted by Crippen LogP contribution is 2.27. The van der Waals surface area contributed by atoms with Gasteiger partial charge in [0.25, 0.3) is 5.91 Å². The Bertz CT molecular complexity index is 207. The van der Waals surface area contributed by atoms with Gasteiger partial charge in [-0.25, -0.2) is 0 Å². The van der Waals surface area contributed by atoms with Crippen LogP contribution in [0.4, 0.5) is 0 Å². The van der Waals surface area contributed by atoms with Crippen molar-refractivity contribution in [2.75, 3.05) is 0 Å². The van der Waals surface area contributed by atoms with Crippen molar-refractivity contribution in [2.45, 2.75) is 51.4 Å². The van der Waals surface area contributed by atoms with Gasteiger partial charge in [-0.15, -0.1) is 0 Å². The molecule has 0 atom stereocenters. The first-order chi connectivity index (χ1) is 6.03. The van der Waals surface area contributed by atoms with Gasteiger partial charge in [0.2, 0.25) is 0 Å². The summed E-state index contributed by atoms with van der Waals surface area (Å²) < 4.78 is 0. The molecule has 0 saturated heterocycles. The summed E-state index contributed by atoms with van der Waals surface area (Å²) in [6.07, 6.45) is 0.867. The van der Waals surface area contributed by atoms with Crippen LogP contribution in [0, 0.1) is 5.41 Å². The molecule has 0 rings (SSSR count). The van der Waals surface area contributed by atoms with E-state index >= 15 is 0 Å². The molecule has 14 heavy (non-hydrogen) atoms. The third kappa shape index (κ3) is 6.50. The molecule has 1 N–H and O–H groups in total. The molecule has 0 bridgehead atoms. The largest absolute Gasteiger partial charge is 0.349 e. The molecule has 0 saturated carbocycles. The monoisotopic (exact) mass is 239 g/mol. The van der Waals surface area contributed by atoms with Gasteiger partial charge in [0.1, 0.15) is 0 Å². The van der Waals surface area contributed by atoms with E-state index in [1.165, 1.54) is 0 Å².